The number of amides is 1. The van der Waals surface area contributed by atoms with Gasteiger partial charge in [-0.2, -0.15) is 5.10 Å². The van der Waals surface area contributed by atoms with Crippen LogP contribution in [0.1, 0.15) is 40.2 Å². The Kier molecular flexibility index (Phi) is 7.00. The Labute approximate surface area is 120 Å². The van der Waals surface area contributed by atoms with Crippen LogP contribution in [0.25, 0.3) is 0 Å². The first kappa shape index (κ1) is 17.9. The molecule has 0 aliphatic rings. The van der Waals surface area contributed by atoms with Crippen molar-refractivity contribution in [3.63, 3.8) is 0 Å². The summed E-state index contributed by atoms with van der Waals surface area (Å²) in [6.45, 7) is 8.40. The van der Waals surface area contributed by atoms with Gasteiger partial charge in [0.1, 0.15) is 18.7 Å². The van der Waals surface area contributed by atoms with E-state index in [0.29, 0.717) is 12.5 Å². The van der Waals surface area contributed by atoms with Crippen LogP contribution in [0.5, 0.6) is 0 Å². The monoisotopic (exact) mass is 289 g/mol. The van der Waals surface area contributed by atoms with Gasteiger partial charge in [-0.3, -0.25) is 4.79 Å². The molecular weight excluding hydrogens is 266 g/mol. The lowest BCUT2D eigenvalue weighted by atomic mass is 9.90. The molecule has 6 nitrogen and oxygen atoms in total. The number of carbonyl (C=O) groups excluding carboxylic acids is 1. The summed E-state index contributed by atoms with van der Waals surface area (Å²) in [5, 5.41) is 6.98. The number of nitrogens with two attached hydrogens (primary N) is 1. The second kappa shape index (κ2) is 7.45. The topological polar surface area (TPSA) is 85.8 Å². The third-order valence-electron chi connectivity index (χ3n) is 2.95. The molecule has 0 fully saturated rings. The molecule has 0 aliphatic carbocycles. The first-order chi connectivity index (χ1) is 8.38. The van der Waals surface area contributed by atoms with Gasteiger partial charge >= 0.3 is 0 Å². The molecule has 1 rings (SSSR count). The zero-order chi connectivity index (χ0) is 13.8. The summed E-state index contributed by atoms with van der Waals surface area (Å²) in [6.07, 6.45) is 3.80. The predicted octanol–water partition coefficient (Wildman–Crippen LogP) is 1.14. The molecule has 2 atom stereocenters. The average molecular weight is 290 g/mol. The van der Waals surface area contributed by atoms with Crippen molar-refractivity contribution in [3.05, 3.63) is 12.7 Å². The molecule has 0 radical (unpaired) electrons. The van der Waals surface area contributed by atoms with E-state index in [9.17, 15) is 4.79 Å². The first-order valence-corrected chi connectivity index (χ1v) is 6.24. The Bertz CT molecular complexity index is 381. The number of rotatable bonds is 6. The van der Waals surface area contributed by atoms with Crippen LogP contribution in [0.4, 0.5) is 0 Å². The molecule has 0 saturated heterocycles. The summed E-state index contributed by atoms with van der Waals surface area (Å²) in [4.78, 5) is 16.0. The largest absolute Gasteiger partial charge is 0.348 e. The number of hydrogen-bond acceptors (Lipinski definition) is 4. The molecular formula is C12H24ClN5O. The van der Waals surface area contributed by atoms with E-state index in [1.54, 1.807) is 6.92 Å². The fraction of sp³-hybridized carbons (Fsp3) is 0.750. The molecule has 3 N–H and O–H groups in total. The summed E-state index contributed by atoms with van der Waals surface area (Å²) in [6, 6.07) is -0.384. The normalized spacial score (nSPS) is 15.5. The van der Waals surface area contributed by atoms with Gasteiger partial charge in [0.25, 0.3) is 0 Å². The molecule has 19 heavy (non-hydrogen) atoms. The van der Waals surface area contributed by atoms with Gasteiger partial charge in [-0.15, -0.1) is 12.4 Å². The van der Waals surface area contributed by atoms with Gasteiger partial charge in [-0.1, -0.05) is 13.8 Å². The molecule has 1 aromatic heterocycles. The van der Waals surface area contributed by atoms with E-state index in [1.807, 2.05) is 6.92 Å². The number of hydrogen-bond donors (Lipinski definition) is 2. The maximum atomic E-state index is 12.1. The molecule has 7 heteroatoms. The highest BCUT2D eigenvalue weighted by Gasteiger charge is 2.28. The third kappa shape index (κ3) is 5.16. The number of nitrogens with zero attached hydrogens (tertiary/aromatic N) is 3. The van der Waals surface area contributed by atoms with Crippen LogP contribution < -0.4 is 11.1 Å². The number of halogens is 1. The lowest BCUT2D eigenvalue weighted by molar-refractivity contribution is -0.126. The quantitative estimate of drug-likeness (QED) is 0.822. The minimum Gasteiger partial charge on any atom is -0.348 e. The van der Waals surface area contributed by atoms with E-state index >= 15 is 0 Å². The first-order valence-electron chi connectivity index (χ1n) is 6.24. The van der Waals surface area contributed by atoms with Crippen LogP contribution in [0, 0.1) is 5.92 Å². The van der Waals surface area contributed by atoms with E-state index in [4.69, 9.17) is 5.73 Å². The molecule has 2 unspecified atom stereocenters. The van der Waals surface area contributed by atoms with Crippen molar-refractivity contribution in [1.29, 1.82) is 0 Å². The number of carbonyl (C=O) groups is 1. The van der Waals surface area contributed by atoms with Gasteiger partial charge in [0.2, 0.25) is 5.91 Å². The van der Waals surface area contributed by atoms with Crippen molar-refractivity contribution in [1.82, 2.24) is 20.1 Å². The molecule has 1 amide bonds. The Morgan fingerprint density at radius 3 is 2.53 bits per heavy atom. The van der Waals surface area contributed by atoms with E-state index in [0.717, 1.165) is 6.42 Å². The third-order valence-corrected chi connectivity index (χ3v) is 2.95. The van der Waals surface area contributed by atoms with Gasteiger partial charge < -0.3 is 11.1 Å². The molecule has 110 valence electrons. The van der Waals surface area contributed by atoms with Crippen LogP contribution in [-0.4, -0.2) is 32.8 Å². The summed E-state index contributed by atoms with van der Waals surface area (Å²) >= 11 is 0. The predicted molar refractivity (Wildman–Crippen MR) is 77.0 cm³/mol. The Balaban J connectivity index is 0.00000324. The second-order valence-corrected chi connectivity index (χ2v) is 5.40. The summed E-state index contributed by atoms with van der Waals surface area (Å²) in [5.41, 5.74) is 5.40. The van der Waals surface area contributed by atoms with Crippen LogP contribution in [0.3, 0.4) is 0 Å². The SMILES string of the molecule is CC(C)CC(C)(CN)NC(=O)C(C)n1cncn1.Cl. The van der Waals surface area contributed by atoms with Crippen molar-refractivity contribution in [2.24, 2.45) is 11.7 Å². The van der Waals surface area contributed by atoms with E-state index < -0.39 is 0 Å². The van der Waals surface area contributed by atoms with E-state index in [-0.39, 0.29) is 29.9 Å². The molecule has 0 aromatic carbocycles. The van der Waals surface area contributed by atoms with Crippen molar-refractivity contribution in [2.45, 2.75) is 45.7 Å². The van der Waals surface area contributed by atoms with Crippen molar-refractivity contribution in [3.8, 4) is 0 Å². The smallest absolute Gasteiger partial charge is 0.245 e. The van der Waals surface area contributed by atoms with E-state index in [1.165, 1.54) is 17.3 Å². The van der Waals surface area contributed by atoms with Gasteiger partial charge in [0.15, 0.2) is 0 Å². The molecule has 0 bridgehead atoms. The van der Waals surface area contributed by atoms with Crippen molar-refractivity contribution < 1.29 is 4.79 Å². The maximum absolute atomic E-state index is 12.1. The summed E-state index contributed by atoms with van der Waals surface area (Å²) in [7, 11) is 0. The molecule has 1 aromatic rings. The van der Waals surface area contributed by atoms with Crippen LogP contribution in [0.2, 0.25) is 0 Å². The van der Waals surface area contributed by atoms with Gasteiger partial charge in [-0.25, -0.2) is 9.67 Å². The lowest BCUT2D eigenvalue weighted by Crippen LogP contribution is -2.53. The summed E-state index contributed by atoms with van der Waals surface area (Å²) < 4.78 is 1.53. The number of aromatic nitrogens is 3. The zero-order valence-electron chi connectivity index (χ0n) is 12.0. The second-order valence-electron chi connectivity index (χ2n) is 5.40. The van der Waals surface area contributed by atoms with Gasteiger partial charge in [0, 0.05) is 12.1 Å². The fourth-order valence-electron chi connectivity index (χ4n) is 2.03. The Hall–Kier alpha value is -1.14. The summed E-state index contributed by atoms with van der Waals surface area (Å²) in [5.74, 6) is 0.384. The van der Waals surface area contributed by atoms with Crippen LogP contribution in [-0.2, 0) is 4.79 Å². The number of nitrogens with one attached hydrogen (secondary N) is 1. The highest BCUT2D eigenvalue weighted by atomic mass is 35.5. The minimum atomic E-state index is -0.384. The Morgan fingerprint density at radius 2 is 2.11 bits per heavy atom. The standard InChI is InChI=1S/C12H23N5O.ClH/c1-9(2)5-12(4,6-13)16-11(18)10(3)17-8-14-7-15-17;/h7-10H,5-6,13H2,1-4H3,(H,16,18);1H. The highest BCUT2D eigenvalue weighted by molar-refractivity contribution is 5.85. The molecule has 0 aliphatic heterocycles. The minimum absolute atomic E-state index is 0. The fourth-order valence-corrected chi connectivity index (χ4v) is 2.03. The zero-order valence-corrected chi connectivity index (χ0v) is 12.8. The van der Waals surface area contributed by atoms with Crippen molar-refractivity contribution in [2.75, 3.05) is 6.54 Å². The van der Waals surface area contributed by atoms with Crippen LogP contribution in [0.15, 0.2) is 12.7 Å². The molecule has 1 heterocycles. The highest BCUT2D eigenvalue weighted by Crippen LogP contribution is 2.16. The Morgan fingerprint density at radius 1 is 1.47 bits per heavy atom. The lowest BCUT2D eigenvalue weighted by Gasteiger charge is -2.32. The maximum Gasteiger partial charge on any atom is 0.245 e. The van der Waals surface area contributed by atoms with Crippen molar-refractivity contribution >= 4 is 18.3 Å². The average Bonchev–Trinajstić information content (AvgIpc) is 2.80. The van der Waals surface area contributed by atoms with Gasteiger partial charge in [0.05, 0.1) is 0 Å². The molecule has 0 spiro atoms. The van der Waals surface area contributed by atoms with E-state index in [2.05, 4.69) is 29.2 Å². The van der Waals surface area contributed by atoms with Gasteiger partial charge in [-0.05, 0) is 26.2 Å². The van der Waals surface area contributed by atoms with Crippen LogP contribution >= 0.6 is 12.4 Å². The molecule has 0 saturated carbocycles.